The molecule has 1 N–H and O–H groups in total. The molecule has 2 aromatic rings. The van der Waals surface area contributed by atoms with E-state index in [0.717, 1.165) is 15.3 Å². The van der Waals surface area contributed by atoms with Crippen LogP contribution in [0.5, 0.6) is 5.75 Å². The summed E-state index contributed by atoms with van der Waals surface area (Å²) in [6.07, 6.45) is -0.0995. The van der Waals surface area contributed by atoms with E-state index in [1.807, 2.05) is 0 Å². The molecule has 7 nitrogen and oxygen atoms in total. The maximum absolute atomic E-state index is 13.4. The van der Waals surface area contributed by atoms with Crippen LogP contribution < -0.4 is 16.0 Å². The topological polar surface area (TPSA) is 97.2 Å². The van der Waals surface area contributed by atoms with Gasteiger partial charge in [0.15, 0.2) is 11.6 Å². The smallest absolute Gasteiger partial charge is 0.330 e. The molecular weight excluding hydrogens is 305 g/mol. The van der Waals surface area contributed by atoms with Gasteiger partial charge in [0.05, 0.1) is 6.54 Å². The molecular formula is C15H14FN3O4. The molecule has 0 spiro atoms. The van der Waals surface area contributed by atoms with Crippen LogP contribution in [0.4, 0.5) is 4.39 Å². The molecule has 1 aromatic carbocycles. The molecule has 0 aliphatic rings. The highest BCUT2D eigenvalue weighted by Crippen LogP contribution is 2.15. The first-order valence-electron chi connectivity index (χ1n) is 6.70. The first-order chi connectivity index (χ1) is 10.9. The zero-order valence-electron chi connectivity index (χ0n) is 12.3. The fraction of sp³-hybridized carbons (Fsp3) is 0.267. The number of halogens is 1. The van der Waals surface area contributed by atoms with Crippen LogP contribution in [0.1, 0.15) is 5.56 Å². The number of aryl methyl sites for hydroxylation is 1. The van der Waals surface area contributed by atoms with Gasteiger partial charge in [0.1, 0.15) is 24.3 Å². The molecule has 0 amide bonds. The maximum Gasteiger partial charge on any atom is 0.330 e. The van der Waals surface area contributed by atoms with Crippen molar-refractivity contribution in [2.45, 2.75) is 12.6 Å². The molecule has 0 saturated heterocycles. The van der Waals surface area contributed by atoms with Gasteiger partial charge in [-0.1, -0.05) is 12.1 Å². The van der Waals surface area contributed by atoms with E-state index in [1.54, 1.807) is 12.1 Å². The monoisotopic (exact) mass is 319 g/mol. The molecule has 23 heavy (non-hydrogen) atoms. The van der Waals surface area contributed by atoms with E-state index in [4.69, 9.17) is 10.00 Å². The van der Waals surface area contributed by atoms with Crippen molar-refractivity contribution in [2.75, 3.05) is 6.61 Å². The van der Waals surface area contributed by atoms with Crippen molar-refractivity contribution in [1.29, 1.82) is 5.26 Å². The van der Waals surface area contributed by atoms with Crippen LogP contribution in [0.3, 0.4) is 0 Å². The van der Waals surface area contributed by atoms with Gasteiger partial charge in [-0.25, -0.2) is 9.18 Å². The highest BCUT2D eigenvalue weighted by molar-refractivity contribution is 5.24. The number of hydrogen-bond donors (Lipinski definition) is 1. The standard InChI is InChI=1S/C15H14FN3O4/c1-18-7-10(6-17)14(21)19(15(18)22)8-11(20)9-23-13-5-3-2-4-12(13)16/h2-5,7,11,20H,8-9H2,1H3/t11-/m0/s1. The van der Waals surface area contributed by atoms with Gasteiger partial charge >= 0.3 is 5.69 Å². The van der Waals surface area contributed by atoms with Crippen molar-refractivity contribution < 1.29 is 14.2 Å². The largest absolute Gasteiger partial charge is 0.488 e. The Bertz CT molecular complexity index is 866. The van der Waals surface area contributed by atoms with Crippen molar-refractivity contribution in [3.8, 4) is 11.8 Å². The lowest BCUT2D eigenvalue weighted by atomic mass is 10.3. The van der Waals surface area contributed by atoms with Crippen LogP contribution in [-0.4, -0.2) is 27.0 Å². The van der Waals surface area contributed by atoms with Crippen molar-refractivity contribution >= 4 is 0 Å². The lowest BCUT2D eigenvalue weighted by Gasteiger charge is -2.14. The SMILES string of the molecule is Cn1cc(C#N)c(=O)n(C[C@H](O)COc2ccccc2F)c1=O. The second kappa shape index (κ2) is 6.89. The van der Waals surface area contributed by atoms with Crippen molar-refractivity contribution in [2.24, 2.45) is 7.05 Å². The van der Waals surface area contributed by atoms with Crippen LogP contribution in [-0.2, 0) is 13.6 Å². The van der Waals surface area contributed by atoms with Gasteiger partial charge in [-0.15, -0.1) is 0 Å². The summed E-state index contributed by atoms with van der Waals surface area (Å²) in [5.74, 6) is -0.628. The Morgan fingerprint density at radius 3 is 2.74 bits per heavy atom. The van der Waals surface area contributed by atoms with Crippen molar-refractivity contribution in [3.05, 3.63) is 62.7 Å². The van der Waals surface area contributed by atoms with Crippen LogP contribution in [0, 0.1) is 17.1 Å². The molecule has 0 unspecified atom stereocenters. The minimum Gasteiger partial charge on any atom is -0.488 e. The Labute approximate surface area is 130 Å². The van der Waals surface area contributed by atoms with Gasteiger partial charge in [-0.2, -0.15) is 5.26 Å². The number of aliphatic hydroxyl groups excluding tert-OH is 1. The Morgan fingerprint density at radius 1 is 1.39 bits per heavy atom. The molecule has 120 valence electrons. The second-order valence-electron chi connectivity index (χ2n) is 4.86. The van der Waals surface area contributed by atoms with E-state index >= 15 is 0 Å². The van der Waals surface area contributed by atoms with Gasteiger partial charge < -0.3 is 14.4 Å². The average molecular weight is 319 g/mol. The molecule has 1 aromatic heterocycles. The first-order valence-corrected chi connectivity index (χ1v) is 6.70. The number of benzene rings is 1. The summed E-state index contributed by atoms with van der Waals surface area (Å²) in [6.45, 7) is -0.678. The summed E-state index contributed by atoms with van der Waals surface area (Å²) in [7, 11) is 1.39. The number of hydrogen-bond acceptors (Lipinski definition) is 5. The molecule has 1 heterocycles. The molecule has 0 fully saturated rings. The number of ether oxygens (including phenoxy) is 1. The third-order valence-corrected chi connectivity index (χ3v) is 3.11. The van der Waals surface area contributed by atoms with Crippen LogP contribution in [0.15, 0.2) is 40.1 Å². The summed E-state index contributed by atoms with van der Waals surface area (Å²) in [4.78, 5) is 23.9. The van der Waals surface area contributed by atoms with E-state index in [0.29, 0.717) is 0 Å². The second-order valence-corrected chi connectivity index (χ2v) is 4.86. The summed E-state index contributed by atoms with van der Waals surface area (Å²) in [5.41, 5.74) is -1.67. The van der Waals surface area contributed by atoms with Gasteiger partial charge in [0.25, 0.3) is 5.56 Å². The van der Waals surface area contributed by atoms with Gasteiger partial charge in [-0.05, 0) is 12.1 Å². The van der Waals surface area contributed by atoms with E-state index in [1.165, 1.54) is 25.2 Å². The van der Waals surface area contributed by atoms with E-state index in [-0.39, 0.29) is 24.5 Å². The number of para-hydroxylation sites is 1. The average Bonchev–Trinajstić information content (AvgIpc) is 2.54. The molecule has 0 saturated carbocycles. The molecule has 8 heteroatoms. The Morgan fingerprint density at radius 2 is 2.09 bits per heavy atom. The number of aliphatic hydroxyl groups is 1. The summed E-state index contributed by atoms with van der Waals surface area (Å²) >= 11 is 0. The normalized spacial score (nSPS) is 11.7. The predicted molar refractivity (Wildman–Crippen MR) is 78.6 cm³/mol. The fourth-order valence-electron chi connectivity index (χ4n) is 1.98. The van der Waals surface area contributed by atoms with E-state index in [2.05, 4.69) is 0 Å². The first kappa shape index (κ1) is 16.5. The lowest BCUT2D eigenvalue weighted by Crippen LogP contribution is -2.43. The highest BCUT2D eigenvalue weighted by Gasteiger charge is 2.15. The third kappa shape index (κ3) is 3.64. The van der Waals surface area contributed by atoms with Crippen LogP contribution in [0.25, 0.3) is 0 Å². The van der Waals surface area contributed by atoms with E-state index in [9.17, 15) is 19.1 Å². The molecule has 0 bridgehead atoms. The van der Waals surface area contributed by atoms with Crippen LogP contribution >= 0.6 is 0 Å². The number of aromatic nitrogens is 2. The minimum atomic E-state index is -1.23. The van der Waals surface area contributed by atoms with Crippen LogP contribution in [0.2, 0.25) is 0 Å². The zero-order chi connectivity index (χ0) is 17.0. The highest BCUT2D eigenvalue weighted by atomic mass is 19.1. The molecule has 2 rings (SSSR count). The molecule has 1 atom stereocenters. The summed E-state index contributed by atoms with van der Waals surface area (Å²) < 4.78 is 20.3. The minimum absolute atomic E-state index is 0.0439. The Hall–Kier alpha value is -2.92. The maximum atomic E-state index is 13.4. The van der Waals surface area contributed by atoms with Gasteiger partial charge in [0, 0.05) is 13.2 Å². The quantitative estimate of drug-likeness (QED) is 0.836. The third-order valence-electron chi connectivity index (χ3n) is 3.11. The number of rotatable bonds is 5. The van der Waals surface area contributed by atoms with Gasteiger partial charge in [-0.3, -0.25) is 9.36 Å². The summed E-state index contributed by atoms with van der Waals surface area (Å²) in [6, 6.07) is 7.35. The van der Waals surface area contributed by atoms with Crippen molar-refractivity contribution in [1.82, 2.24) is 9.13 Å². The summed E-state index contributed by atoms with van der Waals surface area (Å²) in [5, 5.41) is 18.8. The fourth-order valence-corrected chi connectivity index (χ4v) is 1.98. The lowest BCUT2D eigenvalue weighted by molar-refractivity contribution is 0.0881. The Balaban J connectivity index is 2.15. The predicted octanol–water partition coefficient (Wildman–Crippen LogP) is -0.00232. The molecule has 0 aliphatic carbocycles. The number of nitriles is 1. The number of nitrogens with zero attached hydrogens (tertiary/aromatic N) is 3. The van der Waals surface area contributed by atoms with E-state index < -0.39 is 23.2 Å². The molecule has 0 radical (unpaired) electrons. The van der Waals surface area contributed by atoms with Crippen molar-refractivity contribution in [3.63, 3.8) is 0 Å². The molecule has 0 aliphatic heterocycles. The zero-order valence-corrected chi connectivity index (χ0v) is 12.3. The Kier molecular flexibility index (Phi) is 4.93. The van der Waals surface area contributed by atoms with Gasteiger partial charge in [0.2, 0.25) is 0 Å².